The molecule has 1 aliphatic heterocycles. The standard InChI is InChI=1S/C17H17NO3/c1-3-10(4-2)13-9-18-14-16(20)15(19)11-7-5-6-8-12(11)17(14)21-13/h5-10,18H,3-4H2,1-2H3. The van der Waals surface area contributed by atoms with E-state index in [-0.39, 0.29) is 5.35 Å². The van der Waals surface area contributed by atoms with Crippen molar-refractivity contribution in [1.82, 2.24) is 4.98 Å². The highest BCUT2D eigenvalue weighted by Crippen LogP contribution is 2.23. The minimum absolute atomic E-state index is 0.244. The second-order valence-electron chi connectivity index (χ2n) is 5.21. The van der Waals surface area contributed by atoms with E-state index in [1.165, 1.54) is 0 Å². The van der Waals surface area contributed by atoms with E-state index in [9.17, 15) is 9.59 Å². The zero-order valence-electron chi connectivity index (χ0n) is 12.1. The molecule has 2 aliphatic rings. The van der Waals surface area contributed by atoms with Gasteiger partial charge in [0.05, 0.1) is 0 Å². The molecule has 0 saturated carbocycles. The van der Waals surface area contributed by atoms with Crippen LogP contribution in [0.5, 0.6) is 0 Å². The van der Waals surface area contributed by atoms with E-state index in [1.54, 1.807) is 18.3 Å². The molecule has 0 fully saturated rings. The van der Waals surface area contributed by atoms with Gasteiger partial charge in [0, 0.05) is 22.9 Å². The summed E-state index contributed by atoms with van der Waals surface area (Å²) in [5, 5.41) is 1.34. The van der Waals surface area contributed by atoms with Crippen molar-refractivity contribution in [3.05, 3.63) is 67.4 Å². The Morgan fingerprint density at radius 2 is 1.71 bits per heavy atom. The molecule has 21 heavy (non-hydrogen) atoms. The fourth-order valence-corrected chi connectivity index (χ4v) is 2.77. The van der Waals surface area contributed by atoms with Gasteiger partial charge in [-0.15, -0.1) is 0 Å². The number of aromatic nitrogens is 1. The van der Waals surface area contributed by atoms with Gasteiger partial charge in [-0.25, -0.2) is 0 Å². The van der Waals surface area contributed by atoms with E-state index < -0.39 is 10.9 Å². The lowest BCUT2D eigenvalue weighted by atomic mass is 10.0. The summed E-state index contributed by atoms with van der Waals surface area (Å²) in [6.45, 7) is 4.21. The third-order valence-corrected chi connectivity index (χ3v) is 4.04. The Morgan fingerprint density at radius 1 is 1.05 bits per heavy atom. The van der Waals surface area contributed by atoms with Crippen LogP contribution < -0.4 is 10.9 Å². The lowest BCUT2D eigenvalue weighted by molar-refractivity contribution is 0.412. The highest BCUT2D eigenvalue weighted by molar-refractivity contribution is 5.81. The molecule has 0 spiro atoms. The van der Waals surface area contributed by atoms with Crippen molar-refractivity contribution < 1.29 is 4.42 Å². The molecule has 1 aromatic rings. The van der Waals surface area contributed by atoms with E-state index in [2.05, 4.69) is 18.8 Å². The highest BCUT2D eigenvalue weighted by Gasteiger charge is 2.13. The number of hydrogen-bond donors (Lipinski definition) is 1. The summed E-state index contributed by atoms with van der Waals surface area (Å²) >= 11 is 0. The van der Waals surface area contributed by atoms with Crippen LogP contribution in [0.2, 0.25) is 0 Å². The predicted molar refractivity (Wildman–Crippen MR) is 81.7 cm³/mol. The molecule has 4 nitrogen and oxygen atoms in total. The third kappa shape index (κ3) is 2.07. The van der Waals surface area contributed by atoms with E-state index >= 15 is 0 Å². The van der Waals surface area contributed by atoms with Crippen molar-refractivity contribution in [3.63, 3.8) is 0 Å². The number of benzene rings is 1. The Balaban J connectivity index is 2.50. The Morgan fingerprint density at radius 3 is 2.38 bits per heavy atom. The first-order valence-corrected chi connectivity index (χ1v) is 7.24. The van der Waals surface area contributed by atoms with Crippen LogP contribution in [0, 0.1) is 10.8 Å². The molecule has 1 N–H and O–H groups in total. The third-order valence-electron chi connectivity index (χ3n) is 4.04. The smallest absolute Gasteiger partial charge is 0.253 e. The fraction of sp³-hybridized carbons (Fsp3) is 0.294. The Hall–Kier alpha value is -2.36. The first-order chi connectivity index (χ1) is 10.2. The summed E-state index contributed by atoms with van der Waals surface area (Å²) < 4.78 is 5.98. The average molecular weight is 283 g/mol. The van der Waals surface area contributed by atoms with Crippen LogP contribution in [-0.4, -0.2) is 4.98 Å². The van der Waals surface area contributed by atoms with Crippen LogP contribution in [0.3, 0.4) is 0 Å². The van der Waals surface area contributed by atoms with Crippen LogP contribution >= 0.6 is 0 Å². The van der Waals surface area contributed by atoms with Crippen molar-refractivity contribution in [3.8, 4) is 0 Å². The fourth-order valence-electron chi connectivity index (χ4n) is 2.77. The second kappa shape index (κ2) is 5.20. The van der Waals surface area contributed by atoms with Crippen LogP contribution in [0.15, 0.2) is 44.5 Å². The molecule has 0 unspecified atom stereocenters. The van der Waals surface area contributed by atoms with E-state index in [0.717, 1.165) is 18.6 Å². The van der Waals surface area contributed by atoms with Crippen molar-refractivity contribution in [2.45, 2.75) is 32.6 Å². The minimum Gasteiger partial charge on any atom is -0.457 e. The normalized spacial score (nSPS) is 11.6. The molecule has 1 aliphatic carbocycles. The van der Waals surface area contributed by atoms with Gasteiger partial charge in [-0.2, -0.15) is 0 Å². The van der Waals surface area contributed by atoms with Crippen molar-refractivity contribution in [2.75, 3.05) is 0 Å². The van der Waals surface area contributed by atoms with Crippen LogP contribution in [0.4, 0.5) is 0 Å². The second-order valence-corrected chi connectivity index (χ2v) is 5.21. The quantitative estimate of drug-likeness (QED) is 0.751. The summed E-state index contributed by atoms with van der Waals surface area (Å²) in [6.07, 6.45) is 3.62. The van der Waals surface area contributed by atoms with Gasteiger partial charge in [-0.05, 0) is 12.8 Å². The first-order valence-electron chi connectivity index (χ1n) is 7.24. The number of H-pyrrole nitrogens is 1. The molecule has 0 saturated heterocycles. The summed E-state index contributed by atoms with van der Waals surface area (Å²) in [4.78, 5) is 27.2. The molecule has 0 amide bonds. The van der Waals surface area contributed by atoms with E-state index in [1.807, 2.05) is 12.1 Å². The average Bonchev–Trinajstić information content (AvgIpc) is 2.54. The number of fused-ring (bicyclic) bond motifs is 2. The molecular weight excluding hydrogens is 266 g/mol. The molecule has 1 aromatic carbocycles. The van der Waals surface area contributed by atoms with Gasteiger partial charge in [0.1, 0.15) is 11.1 Å². The monoisotopic (exact) mass is 283 g/mol. The first kappa shape index (κ1) is 13.6. The summed E-state index contributed by atoms with van der Waals surface area (Å²) in [7, 11) is 0. The molecule has 4 heteroatoms. The topological polar surface area (TPSA) is 63.1 Å². The molecule has 0 atom stereocenters. The Labute approximate surface area is 121 Å². The van der Waals surface area contributed by atoms with Crippen molar-refractivity contribution in [2.24, 2.45) is 0 Å². The SMILES string of the molecule is CCC(CC)c1c[nH]c2c(=O)c(=O)c3ccccc3c=2o1. The van der Waals surface area contributed by atoms with E-state index in [4.69, 9.17) is 4.42 Å². The number of nitrogens with one attached hydrogen (secondary N) is 1. The van der Waals surface area contributed by atoms with Crippen molar-refractivity contribution in [1.29, 1.82) is 0 Å². The molecule has 0 bridgehead atoms. The molecule has 108 valence electrons. The van der Waals surface area contributed by atoms with E-state index in [0.29, 0.717) is 22.1 Å². The number of aromatic amines is 1. The van der Waals surface area contributed by atoms with Gasteiger partial charge in [-0.1, -0.05) is 38.1 Å². The van der Waals surface area contributed by atoms with Crippen LogP contribution in [0.25, 0.3) is 10.8 Å². The maximum absolute atomic E-state index is 12.2. The number of rotatable bonds is 3. The minimum atomic E-state index is -0.538. The van der Waals surface area contributed by atoms with Gasteiger partial charge < -0.3 is 9.40 Å². The van der Waals surface area contributed by atoms with Gasteiger partial charge in [0.2, 0.25) is 5.43 Å². The van der Waals surface area contributed by atoms with Crippen LogP contribution in [0.1, 0.15) is 38.4 Å². The highest BCUT2D eigenvalue weighted by atomic mass is 16.3. The van der Waals surface area contributed by atoms with Gasteiger partial charge in [0.15, 0.2) is 5.42 Å². The molecule has 1 heterocycles. The lowest BCUT2D eigenvalue weighted by Gasteiger charge is -2.11. The largest absolute Gasteiger partial charge is 0.457 e. The molecule has 3 rings (SSSR count). The van der Waals surface area contributed by atoms with Gasteiger partial charge in [0.25, 0.3) is 5.43 Å². The molecule has 0 aromatic heterocycles. The Kier molecular flexibility index (Phi) is 3.37. The molecular formula is C17H17NO3. The zero-order chi connectivity index (χ0) is 15.0. The Bertz CT molecular complexity index is 964. The maximum Gasteiger partial charge on any atom is 0.253 e. The lowest BCUT2D eigenvalue weighted by Crippen LogP contribution is -2.26. The zero-order valence-corrected chi connectivity index (χ0v) is 12.1. The van der Waals surface area contributed by atoms with Gasteiger partial charge >= 0.3 is 0 Å². The number of hydrogen-bond acceptors (Lipinski definition) is 3. The summed E-state index contributed by atoms with van der Waals surface area (Å²) in [6, 6.07) is 7.07. The van der Waals surface area contributed by atoms with Gasteiger partial charge in [-0.3, -0.25) is 9.59 Å². The summed E-state index contributed by atoms with van der Waals surface area (Å²) in [5.74, 6) is 1.11. The summed E-state index contributed by atoms with van der Waals surface area (Å²) in [5.41, 5.74) is -0.553. The van der Waals surface area contributed by atoms with Crippen molar-refractivity contribution >= 4 is 10.8 Å². The molecule has 0 radical (unpaired) electrons. The van der Waals surface area contributed by atoms with Crippen LogP contribution in [-0.2, 0) is 0 Å². The predicted octanol–water partition coefficient (Wildman–Crippen LogP) is 3.11. The maximum atomic E-state index is 12.2.